The molecule has 1 aromatic carbocycles. The molecule has 10 heteroatoms. The Bertz CT molecular complexity index is 1040. The monoisotopic (exact) mass is 492 g/mol. The molecule has 0 aromatic heterocycles. The number of rotatable bonds is 6. The fraction of sp³-hybridized carbons (Fsp3) is 0.667. The van der Waals surface area contributed by atoms with E-state index in [2.05, 4.69) is 17.1 Å². The van der Waals surface area contributed by atoms with Gasteiger partial charge in [0.2, 0.25) is 15.9 Å². The van der Waals surface area contributed by atoms with Gasteiger partial charge >= 0.3 is 0 Å². The number of anilines is 1. The molecule has 34 heavy (non-hydrogen) atoms. The second-order valence-corrected chi connectivity index (χ2v) is 11.4. The van der Waals surface area contributed by atoms with E-state index >= 15 is 0 Å². The van der Waals surface area contributed by atoms with Crippen molar-refractivity contribution in [2.75, 3.05) is 51.1 Å². The lowest BCUT2D eigenvalue weighted by atomic mass is 9.98. The van der Waals surface area contributed by atoms with Crippen molar-refractivity contribution in [3.8, 4) is 5.75 Å². The number of ether oxygens (including phenoxy) is 1. The Hall–Kier alpha value is -2.17. The number of hydrogen-bond donors (Lipinski definition) is 1. The van der Waals surface area contributed by atoms with Gasteiger partial charge < -0.3 is 15.0 Å². The molecule has 3 aliphatic heterocycles. The summed E-state index contributed by atoms with van der Waals surface area (Å²) in [4.78, 5) is 29.8. The highest BCUT2D eigenvalue weighted by atomic mass is 32.2. The molecule has 4 rings (SSSR count). The first kappa shape index (κ1) is 24.9. The quantitative estimate of drug-likeness (QED) is 0.653. The molecule has 2 fully saturated rings. The third-order valence-corrected chi connectivity index (χ3v) is 9.05. The van der Waals surface area contributed by atoms with Gasteiger partial charge in [-0.05, 0) is 50.8 Å². The molecule has 188 valence electrons. The van der Waals surface area contributed by atoms with Crippen molar-refractivity contribution in [2.45, 2.75) is 57.5 Å². The number of piperidine rings is 1. The summed E-state index contributed by atoms with van der Waals surface area (Å²) in [6, 6.07) is 3.16. The molecule has 1 N–H and O–H groups in total. The first-order valence-corrected chi connectivity index (χ1v) is 13.8. The van der Waals surface area contributed by atoms with Crippen LogP contribution < -0.4 is 10.1 Å². The number of carbonyl (C=O) groups excluding carboxylic acids is 2. The van der Waals surface area contributed by atoms with Crippen LogP contribution in [0.2, 0.25) is 0 Å². The number of nitrogens with zero attached hydrogens (tertiary/aromatic N) is 3. The smallest absolute Gasteiger partial charge is 0.265 e. The molecule has 2 saturated heterocycles. The summed E-state index contributed by atoms with van der Waals surface area (Å²) in [5.41, 5.74) is 1.03. The number of hydrogen-bond acceptors (Lipinski definition) is 6. The summed E-state index contributed by atoms with van der Waals surface area (Å²) in [5, 5.41) is 2.80. The minimum atomic E-state index is -3.82. The summed E-state index contributed by atoms with van der Waals surface area (Å²) in [7, 11) is -3.82. The number of benzene rings is 1. The van der Waals surface area contributed by atoms with Gasteiger partial charge in [-0.3, -0.25) is 14.5 Å². The zero-order valence-electron chi connectivity index (χ0n) is 20.4. The first-order valence-electron chi connectivity index (χ1n) is 12.4. The Morgan fingerprint density at radius 2 is 1.88 bits per heavy atom. The molecule has 3 heterocycles. The van der Waals surface area contributed by atoms with Crippen molar-refractivity contribution in [2.24, 2.45) is 5.92 Å². The van der Waals surface area contributed by atoms with Crippen LogP contribution in [-0.2, 0) is 19.6 Å². The van der Waals surface area contributed by atoms with Crippen molar-refractivity contribution in [1.82, 2.24) is 14.1 Å². The number of fused-ring (bicyclic) bond motifs is 1. The van der Waals surface area contributed by atoms with Crippen LogP contribution in [0.1, 0.15) is 45.1 Å². The zero-order valence-corrected chi connectivity index (χ0v) is 21.2. The van der Waals surface area contributed by atoms with E-state index in [1.807, 2.05) is 11.8 Å². The van der Waals surface area contributed by atoms with E-state index in [1.54, 1.807) is 13.0 Å². The van der Waals surface area contributed by atoms with Gasteiger partial charge in [-0.15, -0.1) is 0 Å². The van der Waals surface area contributed by atoms with Crippen LogP contribution in [0, 0.1) is 12.8 Å². The second kappa shape index (κ2) is 10.2. The number of sulfonamides is 1. The first-order chi connectivity index (χ1) is 16.2. The maximum absolute atomic E-state index is 13.6. The molecule has 2 atom stereocenters. The summed E-state index contributed by atoms with van der Waals surface area (Å²) in [6.07, 6.45) is 2.31. The van der Waals surface area contributed by atoms with Crippen LogP contribution in [-0.4, -0.2) is 86.3 Å². The van der Waals surface area contributed by atoms with Crippen molar-refractivity contribution >= 4 is 27.5 Å². The molecule has 1 aromatic rings. The number of nitrogens with one attached hydrogen (secondary N) is 1. The highest BCUT2D eigenvalue weighted by molar-refractivity contribution is 7.89. The van der Waals surface area contributed by atoms with Crippen molar-refractivity contribution < 1.29 is 22.7 Å². The Balaban J connectivity index is 1.49. The van der Waals surface area contributed by atoms with Gasteiger partial charge in [0, 0.05) is 45.3 Å². The molecular weight excluding hydrogens is 456 g/mol. The second-order valence-electron chi connectivity index (χ2n) is 9.49. The maximum Gasteiger partial charge on any atom is 0.265 e. The fourth-order valence-corrected chi connectivity index (χ4v) is 6.84. The molecule has 0 radical (unpaired) electrons. The lowest BCUT2D eigenvalue weighted by Gasteiger charge is -2.38. The number of aryl methyl sites for hydroxylation is 1. The third-order valence-electron chi connectivity index (χ3n) is 7.04. The third kappa shape index (κ3) is 4.94. The van der Waals surface area contributed by atoms with Gasteiger partial charge in [0.25, 0.3) is 5.91 Å². The van der Waals surface area contributed by atoms with Crippen LogP contribution in [0.5, 0.6) is 5.75 Å². The largest absolute Gasteiger partial charge is 0.478 e. The maximum atomic E-state index is 13.6. The van der Waals surface area contributed by atoms with E-state index < -0.39 is 16.1 Å². The Morgan fingerprint density at radius 3 is 2.56 bits per heavy atom. The predicted molar refractivity (Wildman–Crippen MR) is 129 cm³/mol. The number of piperazine rings is 1. The molecule has 0 bridgehead atoms. The molecule has 0 saturated carbocycles. The van der Waals surface area contributed by atoms with Crippen LogP contribution >= 0.6 is 0 Å². The van der Waals surface area contributed by atoms with Crippen molar-refractivity contribution in [3.05, 3.63) is 17.7 Å². The standard InChI is InChI=1S/C24H36N4O5S/c1-4-8-26-10-12-27(13-11-26)24(30)18-7-6-9-28(16-18)34(31,32)22-15-21-19(14-17(22)3)25-23(29)20(5-2)33-21/h14-15,18,20H,4-13,16H2,1-3H3,(H,25,29). The van der Waals surface area contributed by atoms with Crippen LogP contribution in [0.25, 0.3) is 0 Å². The van der Waals surface area contributed by atoms with E-state index in [-0.39, 0.29) is 29.2 Å². The summed E-state index contributed by atoms with van der Waals surface area (Å²) < 4.78 is 34.5. The Morgan fingerprint density at radius 1 is 1.15 bits per heavy atom. The predicted octanol–water partition coefficient (Wildman–Crippen LogP) is 2.06. The van der Waals surface area contributed by atoms with Gasteiger partial charge in [-0.25, -0.2) is 8.42 Å². The highest BCUT2D eigenvalue weighted by Crippen LogP contribution is 2.36. The molecule has 9 nitrogen and oxygen atoms in total. The summed E-state index contributed by atoms with van der Waals surface area (Å²) >= 11 is 0. The number of amides is 2. The van der Waals surface area contributed by atoms with Crippen molar-refractivity contribution in [1.29, 1.82) is 0 Å². The van der Waals surface area contributed by atoms with Crippen molar-refractivity contribution in [3.63, 3.8) is 0 Å². The minimum Gasteiger partial charge on any atom is -0.478 e. The normalized spacial score (nSPS) is 24.3. The molecule has 2 amide bonds. The summed E-state index contributed by atoms with van der Waals surface area (Å²) in [5.74, 6) is -0.114. The van der Waals surface area contributed by atoms with Crippen LogP contribution in [0.3, 0.4) is 0 Å². The van der Waals surface area contributed by atoms with E-state index in [4.69, 9.17) is 4.74 Å². The molecular formula is C24H36N4O5S. The Kier molecular flexibility index (Phi) is 7.49. The lowest BCUT2D eigenvalue weighted by molar-refractivity contribution is -0.138. The van der Waals surface area contributed by atoms with E-state index in [9.17, 15) is 18.0 Å². The average Bonchev–Trinajstić information content (AvgIpc) is 2.83. The topological polar surface area (TPSA) is 99.3 Å². The van der Waals surface area contributed by atoms with Gasteiger partial charge in [0.15, 0.2) is 6.10 Å². The van der Waals surface area contributed by atoms with Gasteiger partial charge in [0.1, 0.15) is 5.75 Å². The van der Waals surface area contributed by atoms with E-state index in [0.29, 0.717) is 55.9 Å². The molecule has 0 spiro atoms. The van der Waals surface area contributed by atoms with Gasteiger partial charge in [-0.2, -0.15) is 4.31 Å². The molecule has 2 unspecified atom stereocenters. The van der Waals surface area contributed by atoms with E-state index in [1.165, 1.54) is 10.4 Å². The fourth-order valence-electron chi connectivity index (χ4n) is 5.10. The molecule has 0 aliphatic carbocycles. The zero-order chi connectivity index (χ0) is 24.5. The lowest BCUT2D eigenvalue weighted by Crippen LogP contribution is -2.53. The minimum absolute atomic E-state index is 0.0649. The van der Waals surface area contributed by atoms with Crippen LogP contribution in [0.4, 0.5) is 5.69 Å². The van der Waals surface area contributed by atoms with Gasteiger partial charge in [-0.1, -0.05) is 13.8 Å². The van der Waals surface area contributed by atoms with Gasteiger partial charge in [0.05, 0.1) is 16.5 Å². The molecule has 3 aliphatic rings. The van der Waals surface area contributed by atoms with E-state index in [0.717, 1.165) is 26.1 Å². The highest BCUT2D eigenvalue weighted by Gasteiger charge is 2.37. The number of carbonyl (C=O) groups is 2. The van der Waals surface area contributed by atoms with Crippen LogP contribution in [0.15, 0.2) is 17.0 Å². The Labute approximate surface area is 202 Å². The summed E-state index contributed by atoms with van der Waals surface area (Å²) in [6.45, 7) is 10.5. The average molecular weight is 493 g/mol. The SMILES string of the molecule is CCCN1CCN(C(=O)C2CCCN(S(=O)(=O)c3cc4c(cc3C)NC(=O)C(CC)O4)C2)CC1.